The summed E-state index contributed by atoms with van der Waals surface area (Å²) in [6, 6.07) is 10.1. The van der Waals surface area contributed by atoms with Gasteiger partial charge in [-0.25, -0.2) is 9.37 Å². The maximum atomic E-state index is 14.3. The summed E-state index contributed by atoms with van der Waals surface area (Å²) in [5.74, 6) is 1.51. The van der Waals surface area contributed by atoms with Crippen LogP contribution >= 0.6 is 0 Å². The number of hydrogen-bond donors (Lipinski definition) is 3. The number of nitrogens with zero attached hydrogens (tertiary/aromatic N) is 3. The van der Waals surface area contributed by atoms with E-state index in [1.165, 1.54) is 6.07 Å². The number of aromatic nitrogens is 4. The zero-order chi connectivity index (χ0) is 19.7. The monoisotopic (exact) mass is 380 g/mol. The molecule has 9 heteroatoms. The molecule has 2 aromatic heterocycles. The molecule has 0 aliphatic carbocycles. The Morgan fingerprint density at radius 2 is 1.89 bits per heavy atom. The molecule has 0 saturated heterocycles. The van der Waals surface area contributed by atoms with Crippen molar-refractivity contribution in [3.8, 4) is 22.6 Å². The number of ether oxygens (including phenoxy) is 2. The van der Waals surface area contributed by atoms with E-state index in [0.29, 0.717) is 39.6 Å². The van der Waals surface area contributed by atoms with E-state index in [4.69, 9.17) is 15.2 Å². The summed E-state index contributed by atoms with van der Waals surface area (Å²) in [5.41, 5.74) is 7.74. The van der Waals surface area contributed by atoms with Gasteiger partial charge in [-0.15, -0.1) is 0 Å². The minimum absolute atomic E-state index is 0.0760. The predicted octanol–water partition coefficient (Wildman–Crippen LogP) is 3.50. The number of rotatable bonds is 5. The summed E-state index contributed by atoms with van der Waals surface area (Å²) in [6.45, 7) is 0. The van der Waals surface area contributed by atoms with Gasteiger partial charge in [0.2, 0.25) is 5.95 Å². The number of nitrogens with two attached hydrogens (primary N) is 1. The summed E-state index contributed by atoms with van der Waals surface area (Å²) in [4.78, 5) is 8.34. The van der Waals surface area contributed by atoms with Crippen LogP contribution in [0.2, 0.25) is 0 Å². The van der Waals surface area contributed by atoms with Gasteiger partial charge in [0.25, 0.3) is 0 Å². The highest BCUT2D eigenvalue weighted by atomic mass is 19.1. The minimum atomic E-state index is -0.400. The molecule has 0 aliphatic heterocycles. The largest absolute Gasteiger partial charge is 0.493 e. The SMILES string of the molecule is COc1ccc(-c2cnc(N)nc2Nc2n[nH]c3cccc(F)c23)cc1OC. The van der Waals surface area contributed by atoms with Gasteiger partial charge in [-0.05, 0) is 29.8 Å². The van der Waals surface area contributed by atoms with Crippen LogP contribution in [0.4, 0.5) is 22.0 Å². The van der Waals surface area contributed by atoms with Crippen molar-refractivity contribution in [1.82, 2.24) is 20.2 Å². The highest BCUT2D eigenvalue weighted by molar-refractivity contribution is 5.93. The van der Waals surface area contributed by atoms with Crippen LogP contribution < -0.4 is 20.5 Å². The van der Waals surface area contributed by atoms with Crippen molar-refractivity contribution in [2.24, 2.45) is 0 Å². The number of nitrogen functional groups attached to an aromatic ring is 1. The third-order valence-corrected chi connectivity index (χ3v) is 4.28. The molecular weight excluding hydrogens is 363 g/mol. The molecule has 0 aliphatic rings. The number of anilines is 3. The lowest BCUT2D eigenvalue weighted by Gasteiger charge is -2.13. The second kappa shape index (κ2) is 7.03. The number of fused-ring (bicyclic) bond motifs is 1. The Morgan fingerprint density at radius 1 is 1.07 bits per heavy atom. The number of hydrogen-bond acceptors (Lipinski definition) is 7. The Bertz CT molecular complexity index is 1160. The van der Waals surface area contributed by atoms with E-state index in [1.807, 2.05) is 6.07 Å². The number of benzene rings is 2. The molecule has 0 amide bonds. The van der Waals surface area contributed by atoms with E-state index in [2.05, 4.69) is 25.5 Å². The summed E-state index contributed by atoms with van der Waals surface area (Å²) < 4.78 is 24.9. The molecule has 4 N–H and O–H groups in total. The van der Waals surface area contributed by atoms with Gasteiger partial charge >= 0.3 is 0 Å². The molecule has 8 nitrogen and oxygen atoms in total. The first-order valence-corrected chi connectivity index (χ1v) is 8.35. The lowest BCUT2D eigenvalue weighted by Crippen LogP contribution is -2.03. The molecular formula is C19H17FN6O2. The molecule has 0 fully saturated rings. The lowest BCUT2D eigenvalue weighted by atomic mass is 10.1. The van der Waals surface area contributed by atoms with Crippen LogP contribution in [0, 0.1) is 5.82 Å². The van der Waals surface area contributed by atoms with Gasteiger partial charge in [0, 0.05) is 11.8 Å². The Morgan fingerprint density at radius 3 is 2.68 bits per heavy atom. The van der Waals surface area contributed by atoms with Crippen molar-refractivity contribution < 1.29 is 13.9 Å². The van der Waals surface area contributed by atoms with Crippen LogP contribution in [0.15, 0.2) is 42.6 Å². The highest BCUT2D eigenvalue weighted by Gasteiger charge is 2.16. The topological polar surface area (TPSA) is 111 Å². The quantitative estimate of drug-likeness (QED) is 0.486. The Hall–Kier alpha value is -3.88. The van der Waals surface area contributed by atoms with E-state index in [9.17, 15) is 4.39 Å². The average Bonchev–Trinajstić information content (AvgIpc) is 3.12. The number of methoxy groups -OCH3 is 2. The fraction of sp³-hybridized carbons (Fsp3) is 0.105. The molecule has 2 aromatic carbocycles. The van der Waals surface area contributed by atoms with E-state index >= 15 is 0 Å². The highest BCUT2D eigenvalue weighted by Crippen LogP contribution is 2.36. The molecule has 142 valence electrons. The Labute approximate surface area is 159 Å². The predicted molar refractivity (Wildman–Crippen MR) is 104 cm³/mol. The van der Waals surface area contributed by atoms with Crippen LogP contribution in [-0.4, -0.2) is 34.4 Å². The fourth-order valence-corrected chi connectivity index (χ4v) is 2.94. The van der Waals surface area contributed by atoms with Gasteiger partial charge in [-0.3, -0.25) is 5.10 Å². The second-order valence-electron chi connectivity index (χ2n) is 5.92. The molecule has 28 heavy (non-hydrogen) atoms. The van der Waals surface area contributed by atoms with Gasteiger partial charge in [-0.1, -0.05) is 12.1 Å². The van der Waals surface area contributed by atoms with E-state index < -0.39 is 5.82 Å². The van der Waals surface area contributed by atoms with Crippen LogP contribution in [0.3, 0.4) is 0 Å². The smallest absolute Gasteiger partial charge is 0.221 e. The zero-order valence-electron chi connectivity index (χ0n) is 15.2. The van der Waals surface area contributed by atoms with Gasteiger partial charge < -0.3 is 20.5 Å². The first kappa shape index (κ1) is 17.5. The molecule has 0 spiro atoms. The first-order valence-electron chi connectivity index (χ1n) is 8.35. The summed E-state index contributed by atoms with van der Waals surface area (Å²) in [5, 5.41) is 10.3. The second-order valence-corrected chi connectivity index (χ2v) is 5.92. The van der Waals surface area contributed by atoms with Crippen molar-refractivity contribution >= 4 is 28.5 Å². The lowest BCUT2D eigenvalue weighted by molar-refractivity contribution is 0.355. The Balaban J connectivity index is 1.81. The maximum Gasteiger partial charge on any atom is 0.221 e. The van der Waals surface area contributed by atoms with Crippen LogP contribution in [0.25, 0.3) is 22.0 Å². The number of H-pyrrole nitrogens is 1. The zero-order valence-corrected chi connectivity index (χ0v) is 15.2. The third-order valence-electron chi connectivity index (χ3n) is 4.28. The summed E-state index contributed by atoms with van der Waals surface area (Å²) >= 11 is 0. The summed E-state index contributed by atoms with van der Waals surface area (Å²) in [6.07, 6.45) is 1.58. The first-order chi connectivity index (χ1) is 13.6. The van der Waals surface area contributed by atoms with E-state index in [-0.39, 0.29) is 5.95 Å². The van der Waals surface area contributed by atoms with Gasteiger partial charge in [0.1, 0.15) is 11.6 Å². The van der Waals surface area contributed by atoms with Crippen molar-refractivity contribution in [2.45, 2.75) is 0 Å². The molecule has 0 radical (unpaired) electrons. The van der Waals surface area contributed by atoms with Crippen molar-refractivity contribution in [1.29, 1.82) is 0 Å². The molecule has 0 bridgehead atoms. The van der Waals surface area contributed by atoms with Crippen LogP contribution in [-0.2, 0) is 0 Å². The standard InChI is InChI=1S/C19H17FN6O2/c1-27-14-7-6-10(8-15(14)28-2)11-9-22-19(21)24-17(11)23-18-16-12(20)4-3-5-13(16)25-26-18/h3-9H,1-2H3,(H4,21,22,23,24,25,26). The average molecular weight is 380 g/mol. The van der Waals surface area contributed by atoms with Gasteiger partial charge in [0.15, 0.2) is 17.3 Å². The minimum Gasteiger partial charge on any atom is -0.493 e. The van der Waals surface area contributed by atoms with Crippen LogP contribution in [0.5, 0.6) is 11.5 Å². The Kier molecular flexibility index (Phi) is 4.40. The third kappa shape index (κ3) is 3.02. The molecule has 2 heterocycles. The van der Waals surface area contributed by atoms with E-state index in [1.54, 1.807) is 44.7 Å². The molecule has 4 rings (SSSR count). The molecule has 4 aromatic rings. The normalized spacial score (nSPS) is 10.8. The van der Waals surface area contributed by atoms with Crippen LogP contribution in [0.1, 0.15) is 0 Å². The van der Waals surface area contributed by atoms with Gasteiger partial charge in [-0.2, -0.15) is 10.1 Å². The van der Waals surface area contributed by atoms with Crippen molar-refractivity contribution in [3.63, 3.8) is 0 Å². The summed E-state index contributed by atoms with van der Waals surface area (Å²) in [7, 11) is 3.12. The molecule has 0 saturated carbocycles. The fourth-order valence-electron chi connectivity index (χ4n) is 2.94. The van der Waals surface area contributed by atoms with Crippen molar-refractivity contribution in [2.75, 3.05) is 25.3 Å². The number of nitrogens with one attached hydrogen (secondary N) is 2. The maximum absolute atomic E-state index is 14.3. The molecule has 0 unspecified atom stereocenters. The number of halogens is 1. The van der Waals surface area contributed by atoms with Crippen molar-refractivity contribution in [3.05, 3.63) is 48.4 Å². The molecule has 0 atom stereocenters. The van der Waals surface area contributed by atoms with E-state index in [0.717, 1.165) is 5.56 Å². The number of aromatic amines is 1. The van der Waals surface area contributed by atoms with Gasteiger partial charge in [0.05, 0.1) is 25.1 Å².